The Kier molecular flexibility index (Phi) is 8.31. The van der Waals surface area contributed by atoms with E-state index in [1.807, 2.05) is 6.92 Å². The van der Waals surface area contributed by atoms with Crippen LogP contribution in [0.2, 0.25) is 0 Å². The first-order valence-corrected chi connectivity index (χ1v) is 9.85. The van der Waals surface area contributed by atoms with Gasteiger partial charge in [0.1, 0.15) is 5.54 Å². The number of rotatable bonds is 4. The lowest BCUT2D eigenvalue weighted by molar-refractivity contribution is -0.125. The Labute approximate surface area is 184 Å². The topological polar surface area (TPSA) is 98.3 Å². The minimum atomic E-state index is -0.799. The maximum Gasteiger partial charge on any atom is 0.322 e. The monoisotopic (exact) mass is 508 g/mol. The number of likely N-dealkylation sites (tertiary alicyclic amines) is 1. The number of hydrogen-bond acceptors (Lipinski definition) is 5. The number of halogens is 1. The van der Waals surface area contributed by atoms with Gasteiger partial charge in [-0.3, -0.25) is 20.0 Å². The number of guanidine groups is 1. The number of amides is 3. The van der Waals surface area contributed by atoms with Gasteiger partial charge in [-0.05, 0) is 32.6 Å². The van der Waals surface area contributed by atoms with E-state index in [1.165, 1.54) is 0 Å². The summed E-state index contributed by atoms with van der Waals surface area (Å²) in [5.74, 6) is 0.819. The van der Waals surface area contributed by atoms with Crippen LogP contribution in [0.3, 0.4) is 0 Å². The molecule has 0 aromatic rings. The minimum Gasteiger partial charge on any atom is -0.379 e. The number of carbonyl (C=O) groups excluding carboxylic acids is 2. The summed E-state index contributed by atoms with van der Waals surface area (Å²) in [7, 11) is 1.80. The van der Waals surface area contributed by atoms with Gasteiger partial charge in [0.25, 0.3) is 5.91 Å². The first-order chi connectivity index (χ1) is 12.9. The van der Waals surface area contributed by atoms with Crippen molar-refractivity contribution in [2.24, 2.45) is 10.9 Å². The smallest absolute Gasteiger partial charge is 0.322 e. The van der Waals surface area contributed by atoms with E-state index in [9.17, 15) is 9.59 Å². The fourth-order valence-electron chi connectivity index (χ4n) is 4.25. The van der Waals surface area contributed by atoms with Crippen molar-refractivity contribution < 1.29 is 14.3 Å². The zero-order valence-electron chi connectivity index (χ0n) is 17.0. The zero-order valence-corrected chi connectivity index (χ0v) is 19.3. The third kappa shape index (κ3) is 5.07. The van der Waals surface area contributed by atoms with Crippen molar-refractivity contribution in [2.45, 2.75) is 38.3 Å². The van der Waals surface area contributed by atoms with Crippen LogP contribution in [0.1, 0.15) is 26.7 Å². The minimum absolute atomic E-state index is 0. The largest absolute Gasteiger partial charge is 0.379 e. The van der Waals surface area contributed by atoms with Crippen LogP contribution in [-0.2, 0) is 9.53 Å². The van der Waals surface area contributed by atoms with Crippen LogP contribution in [0, 0.1) is 5.92 Å². The van der Waals surface area contributed by atoms with Crippen molar-refractivity contribution in [1.82, 2.24) is 25.8 Å². The van der Waals surface area contributed by atoms with E-state index in [-0.39, 0.29) is 41.8 Å². The van der Waals surface area contributed by atoms with E-state index in [1.54, 1.807) is 7.05 Å². The number of aliphatic imine (C=N–C) groups is 1. The molecule has 3 N–H and O–H groups in total. The second-order valence-electron chi connectivity index (χ2n) is 7.81. The quantitative estimate of drug-likeness (QED) is 0.218. The summed E-state index contributed by atoms with van der Waals surface area (Å²) >= 11 is 0. The zero-order chi connectivity index (χ0) is 19.4. The van der Waals surface area contributed by atoms with Crippen LogP contribution in [0.25, 0.3) is 0 Å². The van der Waals surface area contributed by atoms with E-state index in [0.717, 1.165) is 64.7 Å². The number of piperidine rings is 1. The fraction of sp³-hybridized carbons (Fsp3) is 0.833. The molecule has 0 aromatic carbocycles. The molecule has 3 aliphatic rings. The van der Waals surface area contributed by atoms with Gasteiger partial charge in [-0.2, -0.15) is 0 Å². The first-order valence-electron chi connectivity index (χ1n) is 9.85. The highest BCUT2D eigenvalue weighted by Gasteiger charge is 2.48. The van der Waals surface area contributed by atoms with E-state index in [2.05, 4.69) is 37.7 Å². The average molecular weight is 508 g/mol. The average Bonchev–Trinajstić information content (AvgIpc) is 2.93. The van der Waals surface area contributed by atoms with Crippen molar-refractivity contribution in [3.05, 3.63) is 0 Å². The maximum atomic E-state index is 12.1. The highest BCUT2D eigenvalue weighted by molar-refractivity contribution is 14.0. The summed E-state index contributed by atoms with van der Waals surface area (Å²) < 4.78 is 5.48. The van der Waals surface area contributed by atoms with E-state index in [0.29, 0.717) is 6.04 Å². The fourth-order valence-corrected chi connectivity index (χ4v) is 4.25. The van der Waals surface area contributed by atoms with Gasteiger partial charge in [0.15, 0.2) is 5.96 Å². The van der Waals surface area contributed by atoms with Crippen molar-refractivity contribution in [2.75, 3.05) is 53.0 Å². The molecule has 0 spiro atoms. The highest BCUT2D eigenvalue weighted by atomic mass is 127. The second-order valence-corrected chi connectivity index (χ2v) is 7.81. The Morgan fingerprint density at radius 2 is 2.04 bits per heavy atom. The molecule has 3 heterocycles. The molecule has 0 saturated carbocycles. The van der Waals surface area contributed by atoms with Crippen LogP contribution in [0.4, 0.5) is 4.79 Å². The van der Waals surface area contributed by atoms with Gasteiger partial charge >= 0.3 is 6.03 Å². The number of nitrogens with one attached hydrogen (secondary N) is 3. The van der Waals surface area contributed by atoms with E-state index >= 15 is 0 Å². The molecule has 2 unspecified atom stereocenters. The molecule has 0 aliphatic carbocycles. The highest BCUT2D eigenvalue weighted by Crippen LogP contribution is 2.30. The Balaban J connectivity index is 0.00000280. The number of morpholine rings is 1. The standard InChI is InChI=1S/C18H32N6O3.HI/c1-13-12-27-11-10-23(13)9-6-20-16(19-3)24-7-4-14(5-8-24)18(2)15(25)21-17(26)22-18;/h13-14H,4-12H2,1-3H3,(H,19,20)(H2,21,22,25,26);1H. The Hall–Kier alpha value is -1.14. The van der Waals surface area contributed by atoms with Crippen LogP contribution in [0.5, 0.6) is 0 Å². The molecule has 10 heteroatoms. The van der Waals surface area contributed by atoms with Crippen molar-refractivity contribution in [3.63, 3.8) is 0 Å². The maximum absolute atomic E-state index is 12.1. The van der Waals surface area contributed by atoms with Gasteiger partial charge in [-0.25, -0.2) is 4.79 Å². The van der Waals surface area contributed by atoms with Crippen LogP contribution >= 0.6 is 24.0 Å². The van der Waals surface area contributed by atoms with Gasteiger partial charge in [-0.15, -0.1) is 24.0 Å². The second kappa shape index (κ2) is 10.1. The number of ether oxygens (including phenoxy) is 1. The van der Waals surface area contributed by atoms with E-state index in [4.69, 9.17) is 4.74 Å². The third-order valence-corrected chi connectivity index (χ3v) is 6.08. The van der Waals surface area contributed by atoms with Crippen LogP contribution in [-0.4, -0.2) is 92.3 Å². The lowest BCUT2D eigenvalue weighted by Crippen LogP contribution is -2.56. The summed E-state index contributed by atoms with van der Waals surface area (Å²) in [6.45, 7) is 10.0. The van der Waals surface area contributed by atoms with Gasteiger partial charge in [0, 0.05) is 45.8 Å². The molecular weight excluding hydrogens is 475 g/mol. The molecule has 3 saturated heterocycles. The summed E-state index contributed by atoms with van der Waals surface area (Å²) in [6.07, 6.45) is 1.68. The van der Waals surface area contributed by atoms with Crippen molar-refractivity contribution >= 4 is 41.9 Å². The summed E-state index contributed by atoms with van der Waals surface area (Å²) in [5, 5.41) is 8.62. The molecule has 160 valence electrons. The molecule has 3 amide bonds. The van der Waals surface area contributed by atoms with Gasteiger partial charge in [-0.1, -0.05) is 0 Å². The van der Waals surface area contributed by atoms with Crippen LogP contribution < -0.4 is 16.0 Å². The SMILES string of the molecule is CN=C(NCCN1CCOCC1C)N1CCC(C2(C)NC(=O)NC2=O)CC1.I. The normalized spacial score (nSPS) is 29.9. The Bertz CT molecular complexity index is 596. The lowest BCUT2D eigenvalue weighted by atomic mass is 9.79. The Morgan fingerprint density at radius 3 is 2.61 bits per heavy atom. The molecule has 28 heavy (non-hydrogen) atoms. The number of hydrogen-bond donors (Lipinski definition) is 3. The summed E-state index contributed by atoms with van der Waals surface area (Å²) in [4.78, 5) is 32.7. The predicted octanol–water partition coefficient (Wildman–Crippen LogP) is 0.211. The first kappa shape index (κ1) is 23.1. The van der Waals surface area contributed by atoms with Gasteiger partial charge in [0.2, 0.25) is 0 Å². The molecule has 0 bridgehead atoms. The van der Waals surface area contributed by atoms with Crippen LogP contribution in [0.15, 0.2) is 4.99 Å². The van der Waals surface area contributed by atoms with Crippen molar-refractivity contribution in [3.8, 4) is 0 Å². The Morgan fingerprint density at radius 1 is 1.32 bits per heavy atom. The molecule has 3 fully saturated rings. The molecule has 3 rings (SSSR count). The molecule has 0 radical (unpaired) electrons. The number of carbonyl (C=O) groups is 2. The number of nitrogens with zero attached hydrogens (tertiary/aromatic N) is 3. The van der Waals surface area contributed by atoms with Crippen molar-refractivity contribution in [1.29, 1.82) is 0 Å². The molecule has 2 atom stereocenters. The lowest BCUT2D eigenvalue weighted by Gasteiger charge is -2.40. The number of imide groups is 1. The summed E-state index contributed by atoms with van der Waals surface area (Å²) in [6, 6.07) is 0.0616. The van der Waals surface area contributed by atoms with Gasteiger partial charge in [0.05, 0.1) is 13.2 Å². The number of urea groups is 1. The predicted molar refractivity (Wildman–Crippen MR) is 118 cm³/mol. The third-order valence-electron chi connectivity index (χ3n) is 6.08. The molecular formula is C18H33IN6O3. The van der Waals surface area contributed by atoms with E-state index < -0.39 is 5.54 Å². The summed E-state index contributed by atoms with van der Waals surface area (Å²) in [5.41, 5.74) is -0.799. The van der Waals surface area contributed by atoms with Gasteiger partial charge < -0.3 is 20.3 Å². The molecule has 3 aliphatic heterocycles. The molecule has 0 aromatic heterocycles. The molecule has 9 nitrogen and oxygen atoms in total.